The van der Waals surface area contributed by atoms with Crippen LogP contribution in [0.5, 0.6) is 0 Å². The normalized spacial score (nSPS) is 26.2. The monoisotopic (exact) mass is 463 g/mol. The van der Waals surface area contributed by atoms with Gasteiger partial charge in [0.1, 0.15) is 17.4 Å². The molecule has 32 heavy (non-hydrogen) atoms. The fourth-order valence-electron chi connectivity index (χ4n) is 5.37. The molecular formula is C26H23Cl2N3O. The van der Waals surface area contributed by atoms with Gasteiger partial charge in [0.25, 0.3) is 0 Å². The Balaban J connectivity index is 1.72. The highest BCUT2D eigenvalue weighted by Gasteiger charge is 2.49. The topological polar surface area (TPSA) is 62.3 Å². The van der Waals surface area contributed by atoms with Crippen LogP contribution in [0.3, 0.4) is 0 Å². The Labute approximate surface area is 198 Å². The lowest BCUT2D eigenvalue weighted by molar-refractivity contribution is 0.187. The summed E-state index contributed by atoms with van der Waals surface area (Å²) >= 11 is 12.3. The number of hydrogen-bond acceptors (Lipinski definition) is 4. The Kier molecular flexibility index (Phi) is 5.51. The number of likely N-dealkylation sites (N-methyl/N-ethyl adjacent to an activating group) is 1. The van der Waals surface area contributed by atoms with E-state index in [0.717, 1.165) is 47.4 Å². The number of benzene rings is 2. The van der Waals surface area contributed by atoms with Crippen molar-refractivity contribution in [2.45, 2.75) is 37.8 Å². The SMILES string of the molecule is CCN1[C@@H]2CC[C@H]1/C(=C\c1ccc(Cl)cc1)C1=C2[C@@H](c2ccc(Cl)cc2)C(C#N)=C(N)O1. The van der Waals surface area contributed by atoms with Crippen LogP contribution in [0.1, 0.15) is 36.8 Å². The summed E-state index contributed by atoms with van der Waals surface area (Å²) in [5.41, 5.74) is 11.1. The van der Waals surface area contributed by atoms with E-state index in [0.29, 0.717) is 15.6 Å². The van der Waals surface area contributed by atoms with Gasteiger partial charge in [-0.25, -0.2) is 0 Å². The molecule has 3 aliphatic rings. The highest BCUT2D eigenvalue weighted by atomic mass is 35.5. The van der Waals surface area contributed by atoms with Crippen LogP contribution in [0.25, 0.3) is 6.08 Å². The lowest BCUT2D eigenvalue weighted by Crippen LogP contribution is -2.45. The molecule has 6 heteroatoms. The van der Waals surface area contributed by atoms with Crippen molar-refractivity contribution in [1.29, 1.82) is 5.26 Å². The van der Waals surface area contributed by atoms with Crippen molar-refractivity contribution in [3.8, 4) is 6.07 Å². The molecule has 3 heterocycles. The first-order valence-corrected chi connectivity index (χ1v) is 11.6. The van der Waals surface area contributed by atoms with Crippen molar-refractivity contribution >= 4 is 29.3 Å². The predicted octanol–water partition coefficient (Wildman–Crippen LogP) is 6.01. The van der Waals surface area contributed by atoms with Crippen LogP contribution in [0.15, 0.2) is 76.9 Å². The standard InChI is InChI=1S/C26H23Cl2N3O/c1-2-31-21-11-12-22(31)24-23(16-5-9-18(28)10-6-16)20(14-29)26(30)32-25(24)19(21)13-15-3-7-17(27)8-4-15/h3-10,13,21-23H,2,11-12,30H2,1H3/b19-13+/t21-,22+,23-/m0/s1. The van der Waals surface area contributed by atoms with Gasteiger partial charge in [0.2, 0.25) is 5.88 Å². The zero-order chi connectivity index (χ0) is 22.4. The van der Waals surface area contributed by atoms with Crippen molar-refractivity contribution in [2.24, 2.45) is 5.73 Å². The Bertz CT molecular complexity index is 1190. The second-order valence-corrected chi connectivity index (χ2v) is 9.22. The van der Waals surface area contributed by atoms with Crippen LogP contribution in [-0.4, -0.2) is 23.5 Å². The molecular weight excluding hydrogens is 441 g/mol. The third-order valence-corrected chi connectivity index (χ3v) is 7.22. The molecule has 0 radical (unpaired) electrons. The van der Waals surface area contributed by atoms with E-state index in [4.69, 9.17) is 33.7 Å². The maximum atomic E-state index is 10.0. The molecule has 2 bridgehead atoms. The summed E-state index contributed by atoms with van der Waals surface area (Å²) in [6.07, 6.45) is 4.22. The lowest BCUT2D eigenvalue weighted by Gasteiger charge is -2.43. The number of nitriles is 1. The molecule has 1 saturated heterocycles. The second-order valence-electron chi connectivity index (χ2n) is 8.35. The van der Waals surface area contributed by atoms with Crippen LogP contribution in [0, 0.1) is 11.3 Å². The van der Waals surface area contributed by atoms with Gasteiger partial charge in [-0.15, -0.1) is 0 Å². The predicted molar refractivity (Wildman–Crippen MR) is 128 cm³/mol. The zero-order valence-corrected chi connectivity index (χ0v) is 19.2. The molecule has 3 aliphatic heterocycles. The lowest BCUT2D eigenvalue weighted by atomic mass is 9.77. The highest BCUT2D eigenvalue weighted by molar-refractivity contribution is 6.30. The average molecular weight is 464 g/mol. The Morgan fingerprint density at radius 1 is 1.06 bits per heavy atom. The van der Waals surface area contributed by atoms with Gasteiger partial charge in [-0.05, 0) is 60.9 Å². The Morgan fingerprint density at radius 2 is 1.69 bits per heavy atom. The molecule has 0 aromatic heterocycles. The fraction of sp³-hybridized carbons (Fsp3) is 0.269. The quantitative estimate of drug-likeness (QED) is 0.605. The number of allylic oxidation sites excluding steroid dienone is 1. The van der Waals surface area contributed by atoms with E-state index in [1.165, 1.54) is 0 Å². The van der Waals surface area contributed by atoms with Crippen molar-refractivity contribution in [1.82, 2.24) is 4.90 Å². The second kappa shape index (κ2) is 8.33. The number of nitrogens with zero attached hydrogens (tertiary/aromatic N) is 2. The van der Waals surface area contributed by atoms with Crippen LogP contribution in [0.2, 0.25) is 10.0 Å². The van der Waals surface area contributed by atoms with E-state index in [9.17, 15) is 5.26 Å². The summed E-state index contributed by atoms with van der Waals surface area (Å²) in [4.78, 5) is 2.52. The van der Waals surface area contributed by atoms with Crippen LogP contribution in [0.4, 0.5) is 0 Å². The summed E-state index contributed by atoms with van der Waals surface area (Å²) in [7, 11) is 0. The van der Waals surface area contributed by atoms with Gasteiger partial charge in [-0.2, -0.15) is 5.26 Å². The largest absolute Gasteiger partial charge is 0.440 e. The number of hydrogen-bond donors (Lipinski definition) is 1. The van der Waals surface area contributed by atoms with Crippen LogP contribution >= 0.6 is 23.2 Å². The molecule has 3 atom stereocenters. The van der Waals surface area contributed by atoms with E-state index in [1.54, 1.807) is 0 Å². The fourth-order valence-corrected chi connectivity index (χ4v) is 5.62. The maximum Gasteiger partial charge on any atom is 0.205 e. The molecule has 0 aliphatic carbocycles. The number of rotatable bonds is 3. The van der Waals surface area contributed by atoms with E-state index in [1.807, 2.05) is 48.5 Å². The minimum atomic E-state index is -0.257. The summed E-state index contributed by atoms with van der Waals surface area (Å²) in [5.74, 6) is 0.735. The summed E-state index contributed by atoms with van der Waals surface area (Å²) in [6.45, 7) is 3.10. The average Bonchev–Trinajstić information content (AvgIpc) is 3.15. The molecule has 5 rings (SSSR count). The molecule has 2 aromatic rings. The smallest absolute Gasteiger partial charge is 0.205 e. The zero-order valence-electron chi connectivity index (χ0n) is 17.7. The van der Waals surface area contributed by atoms with Gasteiger partial charge in [-0.1, -0.05) is 54.4 Å². The number of nitrogens with two attached hydrogens (primary N) is 1. The third kappa shape index (κ3) is 3.42. The van der Waals surface area contributed by atoms with E-state index in [-0.39, 0.29) is 23.9 Å². The van der Waals surface area contributed by atoms with E-state index < -0.39 is 0 Å². The third-order valence-electron chi connectivity index (χ3n) is 6.71. The molecule has 0 amide bonds. The molecule has 2 aromatic carbocycles. The Hall–Kier alpha value is -2.71. The summed E-state index contributed by atoms with van der Waals surface area (Å²) in [5, 5.41) is 11.4. The number of fused-ring (bicyclic) bond motifs is 3. The molecule has 162 valence electrons. The first-order chi connectivity index (χ1) is 15.5. The van der Waals surface area contributed by atoms with Gasteiger partial charge >= 0.3 is 0 Å². The molecule has 0 unspecified atom stereocenters. The van der Waals surface area contributed by atoms with Gasteiger partial charge in [0, 0.05) is 33.3 Å². The van der Waals surface area contributed by atoms with Crippen LogP contribution in [-0.2, 0) is 4.74 Å². The highest BCUT2D eigenvalue weighted by Crippen LogP contribution is 2.52. The van der Waals surface area contributed by atoms with Crippen molar-refractivity contribution in [3.63, 3.8) is 0 Å². The molecule has 4 nitrogen and oxygen atoms in total. The van der Waals surface area contributed by atoms with Crippen molar-refractivity contribution < 1.29 is 4.74 Å². The minimum Gasteiger partial charge on any atom is -0.440 e. The van der Waals surface area contributed by atoms with Crippen molar-refractivity contribution in [2.75, 3.05) is 6.54 Å². The van der Waals surface area contributed by atoms with Crippen molar-refractivity contribution in [3.05, 3.63) is 98.1 Å². The van der Waals surface area contributed by atoms with Gasteiger partial charge in [-0.3, -0.25) is 4.90 Å². The van der Waals surface area contributed by atoms with Gasteiger partial charge in [0.05, 0.1) is 5.92 Å². The van der Waals surface area contributed by atoms with Gasteiger partial charge < -0.3 is 10.5 Å². The number of halogens is 2. The molecule has 0 saturated carbocycles. The summed E-state index contributed by atoms with van der Waals surface area (Å²) in [6, 6.07) is 18.3. The maximum absolute atomic E-state index is 10.0. The first-order valence-electron chi connectivity index (χ1n) is 10.8. The first kappa shape index (κ1) is 21.2. The number of ether oxygens (including phenoxy) is 1. The Morgan fingerprint density at radius 3 is 2.31 bits per heavy atom. The molecule has 1 fully saturated rings. The molecule has 0 spiro atoms. The van der Waals surface area contributed by atoms with Crippen LogP contribution < -0.4 is 5.73 Å². The minimum absolute atomic E-state index is 0.178. The van der Waals surface area contributed by atoms with E-state index in [2.05, 4.69) is 24.0 Å². The van der Waals surface area contributed by atoms with Gasteiger partial charge in [0.15, 0.2) is 0 Å². The summed E-state index contributed by atoms with van der Waals surface area (Å²) < 4.78 is 6.22. The van der Waals surface area contributed by atoms with E-state index >= 15 is 0 Å². The molecule has 2 N–H and O–H groups in total.